The summed E-state index contributed by atoms with van der Waals surface area (Å²) in [6.07, 6.45) is 0.951. The van der Waals surface area contributed by atoms with E-state index in [9.17, 15) is 33.2 Å². The molecule has 0 saturated carbocycles. The molecule has 1 aromatic rings. The van der Waals surface area contributed by atoms with Gasteiger partial charge in [0.1, 0.15) is 0 Å². The van der Waals surface area contributed by atoms with Crippen molar-refractivity contribution in [3.8, 4) is 0 Å². The molecule has 1 aliphatic rings. The van der Waals surface area contributed by atoms with Crippen molar-refractivity contribution < 1.29 is 28.0 Å². The van der Waals surface area contributed by atoms with Gasteiger partial charge < -0.3 is 10.0 Å². The second kappa shape index (κ2) is 7.79. The van der Waals surface area contributed by atoms with Gasteiger partial charge in [-0.1, -0.05) is 12.1 Å². The first kappa shape index (κ1) is 19.8. The van der Waals surface area contributed by atoms with Gasteiger partial charge in [0.05, 0.1) is 17.4 Å². The van der Waals surface area contributed by atoms with Crippen LogP contribution in [-0.4, -0.2) is 54.4 Å². The normalized spacial score (nSPS) is 20.6. The standard InChI is InChI=1S/C15H19N3O7S/c1-10-11(15(20)21)5-4-8-17(10)14(19)9-16-26(24,25)13-7-3-2-6-12(13)18(22)23/h2-3,6-7,10-11,16H,4-5,8-9H2,1H3,(H,20,21)/t10-,11-/m1/s1. The summed E-state index contributed by atoms with van der Waals surface area (Å²) < 4.78 is 26.7. The van der Waals surface area contributed by atoms with Crippen LogP contribution < -0.4 is 4.72 Å². The molecular formula is C15H19N3O7S. The maximum Gasteiger partial charge on any atom is 0.308 e. The Labute approximate surface area is 150 Å². The number of nitrogens with zero attached hydrogens (tertiary/aromatic N) is 2. The largest absolute Gasteiger partial charge is 0.481 e. The van der Waals surface area contributed by atoms with Gasteiger partial charge in [-0.05, 0) is 25.8 Å². The highest BCUT2D eigenvalue weighted by Crippen LogP contribution is 2.25. The molecule has 2 atom stereocenters. The van der Waals surface area contributed by atoms with Gasteiger partial charge in [-0.25, -0.2) is 13.1 Å². The van der Waals surface area contributed by atoms with Crippen LogP contribution in [0.15, 0.2) is 29.2 Å². The lowest BCUT2D eigenvalue weighted by molar-refractivity contribution is -0.387. The number of nitro benzene ring substituents is 1. The molecule has 2 rings (SSSR count). The zero-order valence-corrected chi connectivity index (χ0v) is 14.8. The topological polar surface area (TPSA) is 147 Å². The van der Waals surface area contributed by atoms with E-state index in [2.05, 4.69) is 4.72 Å². The van der Waals surface area contributed by atoms with Crippen molar-refractivity contribution in [3.05, 3.63) is 34.4 Å². The number of sulfonamides is 1. The van der Waals surface area contributed by atoms with Crippen LogP contribution in [0.1, 0.15) is 19.8 Å². The number of rotatable bonds is 6. The summed E-state index contributed by atoms with van der Waals surface area (Å²) in [5.41, 5.74) is -0.593. The van der Waals surface area contributed by atoms with Crippen LogP contribution in [-0.2, 0) is 19.6 Å². The highest BCUT2D eigenvalue weighted by Gasteiger charge is 2.35. The molecule has 0 aliphatic carbocycles. The van der Waals surface area contributed by atoms with Crippen molar-refractivity contribution in [1.82, 2.24) is 9.62 Å². The number of carboxylic acids is 1. The molecule has 1 saturated heterocycles. The Morgan fingerprint density at radius 3 is 2.65 bits per heavy atom. The summed E-state index contributed by atoms with van der Waals surface area (Å²) in [6, 6.07) is 4.25. The van der Waals surface area contributed by atoms with Gasteiger partial charge >= 0.3 is 5.97 Å². The van der Waals surface area contributed by atoms with E-state index in [1.54, 1.807) is 6.92 Å². The Morgan fingerprint density at radius 1 is 1.38 bits per heavy atom. The van der Waals surface area contributed by atoms with Crippen LogP contribution in [0.4, 0.5) is 5.69 Å². The van der Waals surface area contributed by atoms with Crippen molar-refractivity contribution in [2.45, 2.75) is 30.7 Å². The Balaban J connectivity index is 2.11. The van der Waals surface area contributed by atoms with Gasteiger partial charge in [0, 0.05) is 18.7 Å². The highest BCUT2D eigenvalue weighted by molar-refractivity contribution is 7.89. The lowest BCUT2D eigenvalue weighted by Crippen LogP contribution is -2.51. The van der Waals surface area contributed by atoms with Gasteiger partial charge in [0.2, 0.25) is 15.9 Å². The van der Waals surface area contributed by atoms with Crippen LogP contribution in [0.25, 0.3) is 0 Å². The van der Waals surface area contributed by atoms with E-state index in [1.807, 2.05) is 0 Å². The zero-order chi connectivity index (χ0) is 19.5. The maximum absolute atomic E-state index is 12.3. The molecule has 0 aromatic heterocycles. The molecule has 0 radical (unpaired) electrons. The van der Waals surface area contributed by atoms with Crippen molar-refractivity contribution in [1.29, 1.82) is 0 Å². The predicted octanol–water partition coefficient (Wildman–Crippen LogP) is 0.585. The first-order valence-corrected chi connectivity index (χ1v) is 9.39. The SMILES string of the molecule is C[C@@H]1[C@H](C(=O)O)CCCN1C(=O)CNS(=O)(=O)c1ccccc1[N+](=O)[O-]. The van der Waals surface area contributed by atoms with Crippen molar-refractivity contribution in [3.63, 3.8) is 0 Å². The number of piperidine rings is 1. The number of hydrogen-bond acceptors (Lipinski definition) is 6. The Hall–Kier alpha value is -2.53. The molecule has 2 N–H and O–H groups in total. The molecule has 1 amide bonds. The molecule has 0 spiro atoms. The summed E-state index contributed by atoms with van der Waals surface area (Å²) in [6.45, 7) is 1.33. The first-order chi connectivity index (χ1) is 12.1. The maximum atomic E-state index is 12.3. The summed E-state index contributed by atoms with van der Waals surface area (Å²) in [7, 11) is -4.27. The summed E-state index contributed by atoms with van der Waals surface area (Å²) in [5, 5.41) is 20.2. The van der Waals surface area contributed by atoms with Gasteiger partial charge in [-0.3, -0.25) is 19.7 Å². The average Bonchev–Trinajstić information content (AvgIpc) is 2.59. The van der Waals surface area contributed by atoms with Crippen molar-refractivity contribution >= 4 is 27.6 Å². The second-order valence-electron chi connectivity index (χ2n) is 5.96. The van der Waals surface area contributed by atoms with Gasteiger partial charge in [0.25, 0.3) is 5.69 Å². The minimum atomic E-state index is -4.27. The van der Waals surface area contributed by atoms with Gasteiger partial charge in [0.15, 0.2) is 4.90 Å². The van der Waals surface area contributed by atoms with Crippen molar-refractivity contribution in [2.75, 3.05) is 13.1 Å². The van der Waals surface area contributed by atoms with E-state index in [0.29, 0.717) is 19.4 Å². The monoisotopic (exact) mass is 385 g/mol. The number of hydrogen-bond donors (Lipinski definition) is 2. The fraction of sp³-hybridized carbons (Fsp3) is 0.467. The molecule has 10 nitrogen and oxygen atoms in total. The number of nitro groups is 1. The summed E-state index contributed by atoms with van der Waals surface area (Å²) in [5.74, 6) is -2.29. The zero-order valence-electron chi connectivity index (χ0n) is 14.0. The third-order valence-corrected chi connectivity index (χ3v) is 5.84. The fourth-order valence-corrected chi connectivity index (χ4v) is 4.14. The smallest absolute Gasteiger partial charge is 0.308 e. The average molecular weight is 385 g/mol. The molecule has 11 heteroatoms. The van der Waals surface area contributed by atoms with Gasteiger partial charge in [-0.2, -0.15) is 0 Å². The fourth-order valence-electron chi connectivity index (χ4n) is 3.00. The first-order valence-electron chi connectivity index (χ1n) is 7.90. The number of benzene rings is 1. The van der Waals surface area contributed by atoms with Crippen LogP contribution >= 0.6 is 0 Å². The number of nitrogens with one attached hydrogen (secondary N) is 1. The number of aliphatic carboxylic acids is 1. The predicted molar refractivity (Wildman–Crippen MR) is 89.8 cm³/mol. The number of likely N-dealkylation sites (tertiary alicyclic amines) is 1. The van der Waals surface area contributed by atoms with Crippen LogP contribution in [0, 0.1) is 16.0 Å². The van der Waals surface area contributed by atoms with E-state index < -0.39 is 55.9 Å². The summed E-state index contributed by atoms with van der Waals surface area (Å²) >= 11 is 0. The molecule has 0 unspecified atom stereocenters. The third kappa shape index (κ3) is 4.17. The van der Waals surface area contributed by atoms with E-state index in [1.165, 1.54) is 17.0 Å². The third-order valence-electron chi connectivity index (χ3n) is 4.39. The lowest BCUT2D eigenvalue weighted by atomic mass is 9.90. The number of carbonyl (C=O) groups excluding carboxylic acids is 1. The van der Waals surface area contributed by atoms with E-state index in [-0.39, 0.29) is 0 Å². The second-order valence-corrected chi connectivity index (χ2v) is 7.70. The quantitative estimate of drug-likeness (QED) is 0.538. The molecule has 1 aromatic carbocycles. The molecule has 1 aliphatic heterocycles. The number of para-hydroxylation sites is 1. The van der Waals surface area contributed by atoms with Crippen LogP contribution in [0.2, 0.25) is 0 Å². The van der Waals surface area contributed by atoms with Gasteiger partial charge in [-0.15, -0.1) is 0 Å². The van der Waals surface area contributed by atoms with E-state index in [0.717, 1.165) is 12.1 Å². The Bertz CT molecular complexity index is 824. The highest BCUT2D eigenvalue weighted by atomic mass is 32.2. The molecule has 1 heterocycles. The minimum absolute atomic E-state index is 0.330. The van der Waals surface area contributed by atoms with E-state index >= 15 is 0 Å². The number of carbonyl (C=O) groups is 2. The Morgan fingerprint density at radius 2 is 2.04 bits per heavy atom. The lowest BCUT2D eigenvalue weighted by Gasteiger charge is -2.37. The molecular weight excluding hydrogens is 366 g/mol. The number of amides is 1. The van der Waals surface area contributed by atoms with Crippen LogP contribution in [0.3, 0.4) is 0 Å². The van der Waals surface area contributed by atoms with Crippen LogP contribution in [0.5, 0.6) is 0 Å². The molecule has 142 valence electrons. The van der Waals surface area contributed by atoms with Crippen molar-refractivity contribution in [2.24, 2.45) is 5.92 Å². The summed E-state index contributed by atoms with van der Waals surface area (Å²) in [4.78, 5) is 34.5. The van der Waals surface area contributed by atoms with E-state index in [4.69, 9.17) is 0 Å². The number of carboxylic acid groups (broad SMARTS) is 1. The molecule has 26 heavy (non-hydrogen) atoms. The molecule has 1 fully saturated rings. The minimum Gasteiger partial charge on any atom is -0.481 e. The molecule has 0 bridgehead atoms. The Kier molecular flexibility index (Phi) is 5.93.